The Hall–Kier alpha value is -1.85. The van der Waals surface area contributed by atoms with Crippen molar-refractivity contribution in [2.45, 2.75) is 13.8 Å². The van der Waals surface area contributed by atoms with Crippen molar-refractivity contribution >= 4 is 17.8 Å². The number of carboxylic acid groups (broad SMARTS) is 1. The average Bonchev–Trinajstić information content (AvgIpc) is 1.98. The number of amides is 2. The smallest absolute Gasteiger partial charge is 0.328 e. The lowest BCUT2D eigenvalue weighted by molar-refractivity contribution is -0.132. The number of hydrogen-bond donors (Lipinski definition) is 3. The van der Waals surface area contributed by atoms with Gasteiger partial charge in [0.25, 0.3) is 5.91 Å². The van der Waals surface area contributed by atoms with Gasteiger partial charge in [-0.3, -0.25) is 20.4 Å². The van der Waals surface area contributed by atoms with Crippen LogP contribution in [-0.4, -0.2) is 22.9 Å². The van der Waals surface area contributed by atoms with Gasteiger partial charge in [0.2, 0.25) is 5.91 Å². The minimum Gasteiger partial charge on any atom is -0.478 e. The van der Waals surface area contributed by atoms with Gasteiger partial charge in [0, 0.05) is 18.6 Å². The van der Waals surface area contributed by atoms with E-state index >= 15 is 0 Å². The van der Waals surface area contributed by atoms with E-state index in [2.05, 4.69) is 0 Å². The van der Waals surface area contributed by atoms with Gasteiger partial charge in [-0.1, -0.05) is 0 Å². The van der Waals surface area contributed by atoms with Crippen molar-refractivity contribution in [2.24, 2.45) is 0 Å². The molecule has 6 nitrogen and oxygen atoms in total. The van der Waals surface area contributed by atoms with E-state index in [9.17, 15) is 14.4 Å². The number of carboxylic acids is 1. The molecule has 0 aromatic carbocycles. The molecular weight excluding hydrogens is 176 g/mol. The van der Waals surface area contributed by atoms with Crippen LogP contribution in [0.1, 0.15) is 13.8 Å². The molecule has 0 spiro atoms. The predicted octanol–water partition coefficient (Wildman–Crippen LogP) is -0.815. The molecule has 0 bridgehead atoms. The van der Waals surface area contributed by atoms with Gasteiger partial charge in [-0.05, 0) is 6.92 Å². The molecule has 3 N–H and O–H groups in total. The van der Waals surface area contributed by atoms with Crippen molar-refractivity contribution in [3.05, 3.63) is 11.6 Å². The first kappa shape index (κ1) is 11.2. The summed E-state index contributed by atoms with van der Waals surface area (Å²) in [6.45, 7) is 2.54. The van der Waals surface area contributed by atoms with Crippen LogP contribution in [-0.2, 0) is 14.4 Å². The Morgan fingerprint density at radius 3 is 2.08 bits per heavy atom. The summed E-state index contributed by atoms with van der Waals surface area (Å²) in [5.74, 6) is -2.30. The Bertz CT molecular complexity index is 270. The van der Waals surface area contributed by atoms with Crippen LogP contribution >= 0.6 is 0 Å². The molecule has 0 fully saturated rings. The second-order valence-electron chi connectivity index (χ2n) is 2.30. The van der Waals surface area contributed by atoms with Crippen molar-refractivity contribution in [3.63, 3.8) is 0 Å². The van der Waals surface area contributed by atoms with Gasteiger partial charge in [0.05, 0.1) is 0 Å². The highest BCUT2D eigenvalue weighted by molar-refractivity contribution is 5.98. The van der Waals surface area contributed by atoms with Crippen LogP contribution in [0.3, 0.4) is 0 Å². The first-order chi connectivity index (χ1) is 5.93. The highest BCUT2D eigenvalue weighted by Crippen LogP contribution is 1.90. The number of hydrazine groups is 1. The number of hydrogen-bond acceptors (Lipinski definition) is 3. The van der Waals surface area contributed by atoms with Crippen molar-refractivity contribution in [1.82, 2.24) is 10.9 Å². The molecule has 0 atom stereocenters. The van der Waals surface area contributed by atoms with Gasteiger partial charge in [-0.25, -0.2) is 4.79 Å². The van der Waals surface area contributed by atoms with Gasteiger partial charge in [-0.15, -0.1) is 0 Å². The lowest BCUT2D eigenvalue weighted by Crippen LogP contribution is -2.40. The first-order valence-corrected chi connectivity index (χ1v) is 3.41. The molecule has 0 saturated carbocycles. The molecule has 0 saturated heterocycles. The lowest BCUT2D eigenvalue weighted by atomic mass is 10.3. The van der Waals surface area contributed by atoms with Crippen LogP contribution in [0.15, 0.2) is 11.6 Å². The Morgan fingerprint density at radius 2 is 1.69 bits per heavy atom. The molecule has 0 aromatic heterocycles. The van der Waals surface area contributed by atoms with E-state index in [1.54, 1.807) is 0 Å². The lowest BCUT2D eigenvalue weighted by Gasteiger charge is -2.03. The highest BCUT2D eigenvalue weighted by Gasteiger charge is 2.05. The molecule has 6 heteroatoms. The van der Waals surface area contributed by atoms with Crippen LogP contribution in [0.5, 0.6) is 0 Å². The monoisotopic (exact) mass is 186 g/mol. The molecule has 0 unspecified atom stereocenters. The van der Waals surface area contributed by atoms with E-state index in [0.717, 1.165) is 6.08 Å². The van der Waals surface area contributed by atoms with Crippen molar-refractivity contribution < 1.29 is 19.5 Å². The minimum absolute atomic E-state index is 0.00116. The zero-order valence-corrected chi connectivity index (χ0v) is 7.25. The average molecular weight is 186 g/mol. The SMILES string of the molecule is CC(=O)NNC(=O)/C(C)=C/C(=O)O. The van der Waals surface area contributed by atoms with E-state index in [-0.39, 0.29) is 5.57 Å². The van der Waals surface area contributed by atoms with Gasteiger partial charge in [-0.2, -0.15) is 0 Å². The molecule has 2 amide bonds. The molecule has 0 aliphatic carbocycles. The molecule has 0 aliphatic heterocycles. The normalized spacial score (nSPS) is 10.5. The van der Waals surface area contributed by atoms with Crippen LogP contribution in [0, 0.1) is 0 Å². The first-order valence-electron chi connectivity index (χ1n) is 3.41. The second-order valence-corrected chi connectivity index (χ2v) is 2.30. The molecular formula is C7H10N2O4. The number of aliphatic carboxylic acids is 1. The second kappa shape index (κ2) is 4.91. The third-order valence-electron chi connectivity index (χ3n) is 1.05. The van der Waals surface area contributed by atoms with Crippen LogP contribution < -0.4 is 10.9 Å². The molecule has 13 heavy (non-hydrogen) atoms. The summed E-state index contributed by atoms with van der Waals surface area (Å²) in [6, 6.07) is 0. The van der Waals surface area contributed by atoms with Gasteiger partial charge in [0.1, 0.15) is 0 Å². The number of nitrogens with one attached hydrogen (secondary N) is 2. The maximum Gasteiger partial charge on any atom is 0.328 e. The molecule has 0 aliphatic rings. The number of carbonyl (C=O) groups excluding carboxylic acids is 2. The standard InChI is InChI=1S/C7H10N2O4/c1-4(3-6(11)12)7(13)9-8-5(2)10/h3H,1-2H3,(H,8,10)(H,9,13)(H,11,12)/b4-3+. The largest absolute Gasteiger partial charge is 0.478 e. The Kier molecular flexibility index (Phi) is 4.21. The fourth-order valence-corrected chi connectivity index (χ4v) is 0.494. The summed E-state index contributed by atoms with van der Waals surface area (Å²) in [4.78, 5) is 31.4. The van der Waals surface area contributed by atoms with Crippen molar-refractivity contribution in [2.75, 3.05) is 0 Å². The molecule has 0 radical (unpaired) electrons. The molecule has 0 aromatic rings. The highest BCUT2D eigenvalue weighted by atomic mass is 16.4. The van der Waals surface area contributed by atoms with Gasteiger partial charge >= 0.3 is 5.97 Å². The Morgan fingerprint density at radius 1 is 1.15 bits per heavy atom. The fraction of sp³-hybridized carbons (Fsp3) is 0.286. The number of carbonyl (C=O) groups is 3. The molecule has 72 valence electrons. The number of rotatable bonds is 2. The van der Waals surface area contributed by atoms with Crippen molar-refractivity contribution in [3.8, 4) is 0 Å². The van der Waals surface area contributed by atoms with Gasteiger partial charge < -0.3 is 5.11 Å². The third-order valence-corrected chi connectivity index (χ3v) is 1.05. The predicted molar refractivity (Wildman–Crippen MR) is 43.4 cm³/mol. The van der Waals surface area contributed by atoms with Crippen LogP contribution in [0.4, 0.5) is 0 Å². The maximum atomic E-state index is 10.9. The maximum absolute atomic E-state index is 10.9. The quantitative estimate of drug-likeness (QED) is 0.388. The summed E-state index contributed by atoms with van der Waals surface area (Å²) in [7, 11) is 0. The Balaban J connectivity index is 4.12. The van der Waals surface area contributed by atoms with Crippen LogP contribution in [0.2, 0.25) is 0 Å². The summed E-state index contributed by atoms with van der Waals surface area (Å²) < 4.78 is 0. The molecule has 0 heterocycles. The van der Waals surface area contributed by atoms with E-state index in [4.69, 9.17) is 5.11 Å². The fourth-order valence-electron chi connectivity index (χ4n) is 0.494. The van der Waals surface area contributed by atoms with Crippen molar-refractivity contribution in [1.29, 1.82) is 0 Å². The summed E-state index contributed by atoms with van der Waals surface area (Å²) in [5, 5.41) is 8.27. The van der Waals surface area contributed by atoms with Crippen LogP contribution in [0.25, 0.3) is 0 Å². The summed E-state index contributed by atoms with van der Waals surface area (Å²) in [5.41, 5.74) is 4.05. The van der Waals surface area contributed by atoms with E-state index in [0.29, 0.717) is 0 Å². The minimum atomic E-state index is -1.21. The summed E-state index contributed by atoms with van der Waals surface area (Å²) >= 11 is 0. The van der Waals surface area contributed by atoms with Gasteiger partial charge in [0.15, 0.2) is 0 Å². The van der Waals surface area contributed by atoms with E-state index < -0.39 is 17.8 Å². The van der Waals surface area contributed by atoms with E-state index in [1.165, 1.54) is 13.8 Å². The van der Waals surface area contributed by atoms with E-state index in [1.807, 2.05) is 10.9 Å². The summed E-state index contributed by atoms with van der Waals surface area (Å²) in [6.07, 6.45) is 0.747. The zero-order valence-electron chi connectivity index (χ0n) is 7.25. The Labute approximate surface area is 74.6 Å². The topological polar surface area (TPSA) is 95.5 Å². The zero-order chi connectivity index (χ0) is 10.4. The molecule has 0 rings (SSSR count). The third kappa shape index (κ3) is 5.42.